The molecule has 10 heteroatoms. The molecular weight excluding hydrogens is 398 g/mol. The molecule has 2 heterocycles. The number of rotatable bonds is 5. The molecule has 3 rings (SSSR count). The number of carbonyl (C=O) groups excluding carboxylic acids is 2. The van der Waals surface area contributed by atoms with E-state index in [2.05, 4.69) is 10.1 Å². The minimum absolute atomic E-state index is 0.104. The maximum atomic E-state index is 12.5. The fraction of sp³-hybridized carbons (Fsp3) is 0.105. The van der Waals surface area contributed by atoms with Gasteiger partial charge in [0.2, 0.25) is 0 Å². The van der Waals surface area contributed by atoms with E-state index in [1.54, 1.807) is 13.0 Å². The molecule has 3 aromatic rings. The number of furan rings is 1. The molecule has 1 N–H and O–H groups in total. The highest BCUT2D eigenvalue weighted by Gasteiger charge is 2.24. The predicted molar refractivity (Wildman–Crippen MR) is 104 cm³/mol. The molecule has 0 aliphatic carbocycles. The van der Waals surface area contributed by atoms with Crippen LogP contribution >= 0.6 is 11.3 Å². The molecule has 0 saturated heterocycles. The lowest BCUT2D eigenvalue weighted by molar-refractivity contribution is -0.384. The Morgan fingerprint density at radius 1 is 1.28 bits per heavy atom. The van der Waals surface area contributed by atoms with Gasteiger partial charge in [0.05, 0.1) is 23.2 Å². The van der Waals surface area contributed by atoms with Crippen LogP contribution in [0.25, 0.3) is 11.3 Å². The van der Waals surface area contributed by atoms with Gasteiger partial charge in [0.1, 0.15) is 21.7 Å². The number of methoxy groups -OCH3 is 1. The van der Waals surface area contributed by atoms with E-state index in [9.17, 15) is 25.0 Å². The predicted octanol–water partition coefficient (Wildman–Crippen LogP) is 4.14. The lowest BCUT2D eigenvalue weighted by atomic mass is 10.1. The van der Waals surface area contributed by atoms with Gasteiger partial charge in [0, 0.05) is 6.07 Å². The standard InChI is InChI=1S/C19H13N3O6S/c1-10-12(9-20)18(29-16(10)19(24)27-2)21-17(23)15-8-7-14(28-15)11-5-3-4-6-13(11)22(25)26/h3-8H,1-2H3,(H,21,23). The number of ether oxygens (including phenoxy) is 1. The summed E-state index contributed by atoms with van der Waals surface area (Å²) in [6.45, 7) is 1.58. The van der Waals surface area contributed by atoms with Crippen molar-refractivity contribution in [1.29, 1.82) is 5.26 Å². The van der Waals surface area contributed by atoms with Crippen molar-refractivity contribution in [1.82, 2.24) is 0 Å². The van der Waals surface area contributed by atoms with E-state index in [0.29, 0.717) is 5.56 Å². The maximum absolute atomic E-state index is 12.5. The average molecular weight is 411 g/mol. The van der Waals surface area contributed by atoms with Gasteiger partial charge in [-0.2, -0.15) is 5.26 Å². The molecule has 0 spiro atoms. The van der Waals surface area contributed by atoms with Crippen molar-refractivity contribution in [3.05, 3.63) is 68.3 Å². The molecule has 0 saturated carbocycles. The van der Waals surface area contributed by atoms with E-state index in [1.165, 1.54) is 37.4 Å². The molecule has 9 nitrogen and oxygen atoms in total. The topological polar surface area (TPSA) is 135 Å². The number of hydrogen-bond donors (Lipinski definition) is 1. The first-order valence-corrected chi connectivity index (χ1v) is 8.95. The van der Waals surface area contributed by atoms with Gasteiger partial charge in [-0.3, -0.25) is 14.9 Å². The van der Waals surface area contributed by atoms with Crippen LogP contribution in [0.2, 0.25) is 0 Å². The molecule has 2 aromatic heterocycles. The Morgan fingerprint density at radius 2 is 2.00 bits per heavy atom. The Hall–Kier alpha value is -3.97. The van der Waals surface area contributed by atoms with E-state index in [-0.39, 0.29) is 38.2 Å². The van der Waals surface area contributed by atoms with Gasteiger partial charge in [-0.1, -0.05) is 12.1 Å². The number of nitrogens with zero attached hydrogens (tertiary/aromatic N) is 2. The Labute approximate surface area is 168 Å². The van der Waals surface area contributed by atoms with Crippen molar-refractivity contribution >= 4 is 33.9 Å². The lowest BCUT2D eigenvalue weighted by Gasteiger charge is -2.01. The van der Waals surface area contributed by atoms with Crippen molar-refractivity contribution in [2.75, 3.05) is 12.4 Å². The number of nitro groups is 1. The quantitative estimate of drug-likeness (QED) is 0.379. The van der Waals surface area contributed by atoms with E-state index in [1.807, 2.05) is 6.07 Å². The second kappa shape index (κ2) is 7.95. The molecule has 0 aliphatic rings. The van der Waals surface area contributed by atoms with Crippen LogP contribution in [0.5, 0.6) is 0 Å². The van der Waals surface area contributed by atoms with Gasteiger partial charge < -0.3 is 14.5 Å². The number of thiophene rings is 1. The average Bonchev–Trinajstić information content (AvgIpc) is 3.32. The molecule has 0 fully saturated rings. The molecule has 0 bridgehead atoms. The van der Waals surface area contributed by atoms with Crippen molar-refractivity contribution in [2.24, 2.45) is 0 Å². The van der Waals surface area contributed by atoms with E-state index in [4.69, 9.17) is 4.42 Å². The van der Waals surface area contributed by atoms with Gasteiger partial charge >= 0.3 is 5.97 Å². The van der Waals surface area contributed by atoms with Crippen LogP contribution in [0.1, 0.15) is 31.4 Å². The first-order chi connectivity index (χ1) is 13.9. The molecule has 0 radical (unpaired) electrons. The van der Waals surface area contributed by atoms with Crippen molar-refractivity contribution in [2.45, 2.75) is 6.92 Å². The molecular formula is C19H13N3O6S. The molecule has 0 unspecified atom stereocenters. The first-order valence-electron chi connectivity index (χ1n) is 8.14. The second-order valence-corrected chi connectivity index (χ2v) is 6.78. The SMILES string of the molecule is COC(=O)c1sc(NC(=O)c2ccc(-c3ccccc3[N+](=O)[O-])o2)c(C#N)c1C. The number of hydrogen-bond acceptors (Lipinski definition) is 8. The largest absolute Gasteiger partial charge is 0.465 e. The van der Waals surface area contributed by atoms with E-state index < -0.39 is 16.8 Å². The third-order valence-electron chi connectivity index (χ3n) is 4.05. The molecule has 1 aromatic carbocycles. The van der Waals surface area contributed by atoms with Crippen LogP contribution in [0.4, 0.5) is 10.7 Å². The number of esters is 1. The van der Waals surface area contributed by atoms with Crippen LogP contribution in [-0.4, -0.2) is 23.9 Å². The zero-order valence-electron chi connectivity index (χ0n) is 15.2. The highest BCUT2D eigenvalue weighted by molar-refractivity contribution is 7.18. The normalized spacial score (nSPS) is 10.2. The smallest absolute Gasteiger partial charge is 0.348 e. The lowest BCUT2D eigenvalue weighted by Crippen LogP contribution is -2.10. The van der Waals surface area contributed by atoms with E-state index >= 15 is 0 Å². The molecule has 0 aliphatic heterocycles. The third kappa shape index (κ3) is 3.71. The highest BCUT2D eigenvalue weighted by atomic mass is 32.1. The Morgan fingerprint density at radius 3 is 2.66 bits per heavy atom. The van der Waals surface area contributed by atoms with Crippen LogP contribution in [0.3, 0.4) is 0 Å². The number of benzene rings is 1. The molecule has 0 atom stereocenters. The van der Waals surface area contributed by atoms with Gasteiger partial charge in [0.15, 0.2) is 5.76 Å². The summed E-state index contributed by atoms with van der Waals surface area (Å²) in [7, 11) is 1.22. The molecule has 146 valence electrons. The van der Waals surface area contributed by atoms with Crippen LogP contribution < -0.4 is 5.32 Å². The number of amides is 1. The fourth-order valence-electron chi connectivity index (χ4n) is 2.63. The zero-order chi connectivity index (χ0) is 21.1. The molecule has 1 amide bonds. The summed E-state index contributed by atoms with van der Waals surface area (Å²) in [6, 6.07) is 10.8. The summed E-state index contributed by atoms with van der Waals surface area (Å²) in [5.74, 6) is -1.22. The Balaban J connectivity index is 1.90. The number of anilines is 1. The van der Waals surface area contributed by atoms with Gasteiger partial charge in [-0.25, -0.2) is 4.79 Å². The minimum atomic E-state index is -0.663. The Kier molecular flexibility index (Phi) is 5.43. The van der Waals surface area contributed by atoms with Crippen LogP contribution in [-0.2, 0) is 4.74 Å². The second-order valence-electron chi connectivity index (χ2n) is 5.76. The summed E-state index contributed by atoms with van der Waals surface area (Å²) >= 11 is 0.916. The third-order valence-corrected chi connectivity index (χ3v) is 5.24. The zero-order valence-corrected chi connectivity index (χ0v) is 16.0. The monoisotopic (exact) mass is 411 g/mol. The van der Waals surface area contributed by atoms with Gasteiger partial charge in [-0.15, -0.1) is 11.3 Å². The first kappa shape index (κ1) is 19.8. The van der Waals surface area contributed by atoms with Crippen molar-refractivity contribution in [3.63, 3.8) is 0 Å². The number of nitriles is 1. The van der Waals surface area contributed by atoms with Crippen LogP contribution in [0.15, 0.2) is 40.8 Å². The van der Waals surface area contributed by atoms with Gasteiger partial charge in [0.25, 0.3) is 11.6 Å². The van der Waals surface area contributed by atoms with E-state index in [0.717, 1.165) is 11.3 Å². The summed E-state index contributed by atoms with van der Waals surface area (Å²) in [4.78, 5) is 35.2. The van der Waals surface area contributed by atoms with Crippen molar-refractivity contribution in [3.8, 4) is 17.4 Å². The summed E-state index contributed by atoms with van der Waals surface area (Å²) in [5.41, 5.74) is 0.625. The number of carbonyl (C=O) groups is 2. The maximum Gasteiger partial charge on any atom is 0.348 e. The Bertz CT molecular complexity index is 1170. The summed E-state index contributed by atoms with van der Waals surface area (Å²) in [5, 5.41) is 23.3. The minimum Gasteiger partial charge on any atom is -0.465 e. The number of para-hydroxylation sites is 1. The highest BCUT2D eigenvalue weighted by Crippen LogP contribution is 2.34. The van der Waals surface area contributed by atoms with Crippen molar-refractivity contribution < 1.29 is 23.7 Å². The fourth-order valence-corrected chi connectivity index (χ4v) is 3.70. The number of nitro benzene ring substituents is 1. The summed E-state index contributed by atoms with van der Waals surface area (Å²) in [6.07, 6.45) is 0. The number of nitrogens with one attached hydrogen (secondary N) is 1. The van der Waals surface area contributed by atoms with Gasteiger partial charge in [-0.05, 0) is 30.7 Å². The van der Waals surface area contributed by atoms with Crippen LogP contribution in [0, 0.1) is 28.4 Å². The summed E-state index contributed by atoms with van der Waals surface area (Å²) < 4.78 is 10.2. The molecule has 29 heavy (non-hydrogen) atoms.